The fourth-order valence-corrected chi connectivity index (χ4v) is 1.83. The molecule has 18 heavy (non-hydrogen) atoms. The van der Waals surface area contributed by atoms with Crippen LogP contribution < -0.4 is 0 Å². The molecule has 0 spiro atoms. The largest absolute Gasteiger partial charge is 0.481 e. The van der Waals surface area contributed by atoms with Gasteiger partial charge in [0.25, 0.3) is 0 Å². The molecule has 0 unspecified atom stereocenters. The van der Waals surface area contributed by atoms with Gasteiger partial charge in [-0.2, -0.15) is 5.26 Å². The molecule has 0 heterocycles. The number of nitriles is 1. The van der Waals surface area contributed by atoms with Gasteiger partial charge in [-0.3, -0.25) is 9.69 Å². The number of halogens is 1. The average Bonchev–Trinajstić information content (AvgIpc) is 2.35. The van der Waals surface area contributed by atoms with Gasteiger partial charge in [-0.15, -0.1) is 0 Å². The van der Waals surface area contributed by atoms with Gasteiger partial charge in [0, 0.05) is 18.1 Å². The molecule has 5 heteroatoms. The van der Waals surface area contributed by atoms with E-state index in [1.165, 1.54) is 0 Å². The van der Waals surface area contributed by atoms with E-state index in [9.17, 15) is 4.79 Å². The van der Waals surface area contributed by atoms with Gasteiger partial charge in [-0.1, -0.05) is 24.6 Å². The third-order valence-corrected chi connectivity index (χ3v) is 3.02. The summed E-state index contributed by atoms with van der Waals surface area (Å²) in [5.41, 5.74) is 1.43. The lowest BCUT2D eigenvalue weighted by Crippen LogP contribution is -2.25. The molecule has 1 aromatic rings. The van der Waals surface area contributed by atoms with Crippen molar-refractivity contribution < 1.29 is 9.90 Å². The molecule has 0 radical (unpaired) electrons. The zero-order valence-corrected chi connectivity index (χ0v) is 10.9. The van der Waals surface area contributed by atoms with Crippen LogP contribution in [0.1, 0.15) is 24.5 Å². The van der Waals surface area contributed by atoms with Crippen LogP contribution in [0.2, 0.25) is 5.02 Å². The Kier molecular flexibility index (Phi) is 5.63. The zero-order valence-electron chi connectivity index (χ0n) is 10.2. The lowest BCUT2D eigenvalue weighted by Gasteiger charge is -2.20. The van der Waals surface area contributed by atoms with Crippen LogP contribution in [-0.4, -0.2) is 29.1 Å². The molecule has 0 aromatic heterocycles. The summed E-state index contributed by atoms with van der Waals surface area (Å²) in [7, 11) is 0. The first-order valence-electron chi connectivity index (χ1n) is 5.69. The van der Waals surface area contributed by atoms with E-state index in [4.69, 9.17) is 22.0 Å². The molecule has 1 rings (SSSR count). The summed E-state index contributed by atoms with van der Waals surface area (Å²) < 4.78 is 0. The highest BCUT2D eigenvalue weighted by atomic mass is 35.5. The summed E-state index contributed by atoms with van der Waals surface area (Å²) in [6.45, 7) is 3.81. The van der Waals surface area contributed by atoms with Crippen LogP contribution in [0.25, 0.3) is 0 Å². The topological polar surface area (TPSA) is 64.3 Å². The Morgan fingerprint density at radius 3 is 2.78 bits per heavy atom. The van der Waals surface area contributed by atoms with Crippen molar-refractivity contribution in [2.24, 2.45) is 0 Å². The van der Waals surface area contributed by atoms with Gasteiger partial charge in [0.1, 0.15) is 0 Å². The number of nitrogens with zero attached hydrogens (tertiary/aromatic N) is 2. The lowest BCUT2D eigenvalue weighted by atomic mass is 10.1. The van der Waals surface area contributed by atoms with Crippen LogP contribution >= 0.6 is 11.6 Å². The summed E-state index contributed by atoms with van der Waals surface area (Å²) in [6, 6.07) is 7.18. The number of carbonyl (C=O) groups is 1. The minimum absolute atomic E-state index is 0.113. The summed E-state index contributed by atoms with van der Waals surface area (Å²) in [4.78, 5) is 12.5. The van der Waals surface area contributed by atoms with Crippen molar-refractivity contribution in [1.82, 2.24) is 4.90 Å². The second-order valence-electron chi connectivity index (χ2n) is 3.93. The Morgan fingerprint density at radius 1 is 1.56 bits per heavy atom. The molecule has 0 saturated heterocycles. The standard InChI is InChI=1S/C13H15ClN2O2/c1-2-16(6-5-13(17)18)9-11-4-3-10(8-15)7-12(11)14/h3-4,7H,2,5-6,9H2,1H3,(H,17,18). The molecule has 4 nitrogen and oxygen atoms in total. The van der Waals surface area contributed by atoms with Crippen LogP contribution in [0.5, 0.6) is 0 Å². The highest BCUT2D eigenvalue weighted by Crippen LogP contribution is 2.19. The summed E-state index contributed by atoms with van der Waals surface area (Å²) in [5.74, 6) is -0.806. The first-order valence-corrected chi connectivity index (χ1v) is 6.07. The Bertz CT molecular complexity index is 469. The van der Waals surface area contributed by atoms with Crippen molar-refractivity contribution in [3.63, 3.8) is 0 Å². The van der Waals surface area contributed by atoms with E-state index in [0.717, 1.165) is 12.1 Å². The van der Waals surface area contributed by atoms with E-state index in [2.05, 4.69) is 0 Å². The van der Waals surface area contributed by atoms with Crippen LogP contribution in [-0.2, 0) is 11.3 Å². The van der Waals surface area contributed by atoms with Crippen LogP contribution in [0, 0.1) is 11.3 Å². The van der Waals surface area contributed by atoms with Crippen molar-refractivity contribution in [1.29, 1.82) is 5.26 Å². The number of benzene rings is 1. The lowest BCUT2D eigenvalue weighted by molar-refractivity contribution is -0.137. The third-order valence-electron chi connectivity index (χ3n) is 2.67. The number of carboxylic acids is 1. The number of carboxylic acid groups (broad SMARTS) is 1. The van der Waals surface area contributed by atoms with Gasteiger partial charge in [0.05, 0.1) is 18.1 Å². The van der Waals surface area contributed by atoms with Gasteiger partial charge in [-0.05, 0) is 24.2 Å². The highest BCUT2D eigenvalue weighted by molar-refractivity contribution is 6.31. The molecule has 96 valence electrons. The predicted molar refractivity (Wildman–Crippen MR) is 69.4 cm³/mol. The Morgan fingerprint density at radius 2 is 2.28 bits per heavy atom. The van der Waals surface area contributed by atoms with Gasteiger partial charge in [0.15, 0.2) is 0 Å². The number of aliphatic carboxylic acids is 1. The molecule has 0 saturated carbocycles. The first kappa shape index (κ1) is 14.5. The zero-order chi connectivity index (χ0) is 13.5. The number of rotatable bonds is 6. The Balaban J connectivity index is 2.70. The maximum Gasteiger partial charge on any atom is 0.304 e. The van der Waals surface area contributed by atoms with Gasteiger partial charge < -0.3 is 5.11 Å². The minimum Gasteiger partial charge on any atom is -0.481 e. The third kappa shape index (κ3) is 4.36. The van der Waals surface area contributed by atoms with Crippen LogP contribution in [0.3, 0.4) is 0 Å². The summed E-state index contributed by atoms with van der Waals surface area (Å²) >= 11 is 6.08. The molecule has 0 aliphatic carbocycles. The molecule has 0 bridgehead atoms. The maximum absolute atomic E-state index is 10.5. The first-order chi connectivity index (χ1) is 8.56. The Labute approximate surface area is 111 Å². The molecular weight excluding hydrogens is 252 g/mol. The second-order valence-corrected chi connectivity index (χ2v) is 4.34. The molecule has 0 aliphatic rings. The van der Waals surface area contributed by atoms with Crippen molar-refractivity contribution >= 4 is 17.6 Å². The van der Waals surface area contributed by atoms with E-state index < -0.39 is 5.97 Å². The van der Waals surface area contributed by atoms with E-state index >= 15 is 0 Å². The van der Waals surface area contributed by atoms with Crippen molar-refractivity contribution in [2.75, 3.05) is 13.1 Å². The van der Waals surface area contributed by atoms with Gasteiger partial charge in [-0.25, -0.2) is 0 Å². The van der Waals surface area contributed by atoms with Crippen molar-refractivity contribution in [3.8, 4) is 6.07 Å². The number of hydrogen-bond donors (Lipinski definition) is 1. The minimum atomic E-state index is -0.806. The fourth-order valence-electron chi connectivity index (χ4n) is 1.59. The quantitative estimate of drug-likeness (QED) is 0.859. The smallest absolute Gasteiger partial charge is 0.304 e. The van der Waals surface area contributed by atoms with E-state index in [0.29, 0.717) is 23.7 Å². The van der Waals surface area contributed by atoms with E-state index in [-0.39, 0.29) is 6.42 Å². The average molecular weight is 267 g/mol. The molecule has 1 aromatic carbocycles. The molecular formula is C13H15ClN2O2. The maximum atomic E-state index is 10.5. The normalized spacial score (nSPS) is 10.3. The van der Waals surface area contributed by atoms with Crippen LogP contribution in [0.15, 0.2) is 18.2 Å². The SMILES string of the molecule is CCN(CCC(=O)O)Cc1ccc(C#N)cc1Cl. The Hall–Kier alpha value is -1.57. The summed E-state index contributed by atoms with van der Waals surface area (Å²) in [5, 5.41) is 17.9. The van der Waals surface area contributed by atoms with Gasteiger partial charge >= 0.3 is 5.97 Å². The molecule has 1 N–H and O–H groups in total. The van der Waals surface area contributed by atoms with E-state index in [1.54, 1.807) is 12.1 Å². The molecule has 0 fully saturated rings. The summed E-state index contributed by atoms with van der Waals surface area (Å²) in [6.07, 6.45) is 0.113. The predicted octanol–water partition coefficient (Wildman–Crippen LogP) is 2.51. The van der Waals surface area contributed by atoms with Gasteiger partial charge in [0.2, 0.25) is 0 Å². The molecule has 0 aliphatic heterocycles. The van der Waals surface area contributed by atoms with Crippen LogP contribution in [0.4, 0.5) is 0 Å². The fraction of sp³-hybridized carbons (Fsp3) is 0.385. The second kappa shape index (κ2) is 7.00. The van der Waals surface area contributed by atoms with Crippen molar-refractivity contribution in [2.45, 2.75) is 19.9 Å². The number of hydrogen-bond acceptors (Lipinski definition) is 3. The molecule has 0 amide bonds. The monoisotopic (exact) mass is 266 g/mol. The highest BCUT2D eigenvalue weighted by Gasteiger charge is 2.09. The van der Waals surface area contributed by atoms with E-state index in [1.807, 2.05) is 24.0 Å². The van der Waals surface area contributed by atoms with Crippen molar-refractivity contribution in [3.05, 3.63) is 34.3 Å². The molecule has 0 atom stereocenters.